The minimum Gasteiger partial charge on any atom is -0.504 e. The molecule has 0 aliphatic rings. The van der Waals surface area contributed by atoms with Gasteiger partial charge in [-0.05, 0) is 29.8 Å². The number of para-hydroxylation sites is 2. The SMILES string of the molecule is O=C(O)C(COc1ccccc1O)c1ccc(F)cc1. The molecule has 1 unspecified atom stereocenters. The van der Waals surface area contributed by atoms with Crippen molar-refractivity contribution >= 4 is 5.97 Å². The van der Waals surface area contributed by atoms with Crippen molar-refractivity contribution in [3.8, 4) is 11.5 Å². The Morgan fingerprint density at radius 3 is 2.40 bits per heavy atom. The zero-order chi connectivity index (χ0) is 14.5. The number of aliphatic carboxylic acids is 1. The average Bonchev–Trinajstić information content (AvgIpc) is 2.42. The summed E-state index contributed by atoms with van der Waals surface area (Å²) < 4.78 is 18.2. The Kier molecular flexibility index (Phi) is 4.20. The van der Waals surface area contributed by atoms with Crippen LogP contribution in [-0.2, 0) is 4.79 Å². The lowest BCUT2D eigenvalue weighted by Crippen LogP contribution is -2.19. The van der Waals surface area contributed by atoms with E-state index in [1.807, 2.05) is 0 Å². The van der Waals surface area contributed by atoms with Gasteiger partial charge in [0, 0.05) is 0 Å². The van der Waals surface area contributed by atoms with E-state index in [9.17, 15) is 19.4 Å². The number of carboxylic acid groups (broad SMARTS) is 1. The number of halogens is 1. The van der Waals surface area contributed by atoms with Crippen molar-refractivity contribution in [1.29, 1.82) is 0 Å². The summed E-state index contributed by atoms with van der Waals surface area (Å²) in [6.07, 6.45) is 0. The van der Waals surface area contributed by atoms with Gasteiger partial charge in [-0.1, -0.05) is 24.3 Å². The molecule has 0 fully saturated rings. The molecule has 0 heterocycles. The van der Waals surface area contributed by atoms with E-state index in [-0.39, 0.29) is 18.1 Å². The normalized spacial score (nSPS) is 11.8. The number of rotatable bonds is 5. The first-order valence-corrected chi connectivity index (χ1v) is 5.97. The zero-order valence-corrected chi connectivity index (χ0v) is 10.5. The fraction of sp³-hybridized carbons (Fsp3) is 0.133. The Labute approximate surface area is 115 Å². The maximum atomic E-state index is 12.8. The largest absolute Gasteiger partial charge is 0.504 e. The van der Waals surface area contributed by atoms with Gasteiger partial charge >= 0.3 is 5.97 Å². The van der Waals surface area contributed by atoms with Crippen molar-refractivity contribution < 1.29 is 24.1 Å². The van der Waals surface area contributed by atoms with E-state index in [2.05, 4.69) is 0 Å². The van der Waals surface area contributed by atoms with Gasteiger partial charge in [0.1, 0.15) is 18.3 Å². The number of aromatic hydroxyl groups is 1. The Morgan fingerprint density at radius 1 is 1.15 bits per heavy atom. The van der Waals surface area contributed by atoms with E-state index < -0.39 is 17.7 Å². The highest BCUT2D eigenvalue weighted by Gasteiger charge is 2.21. The third-order valence-electron chi connectivity index (χ3n) is 2.84. The van der Waals surface area contributed by atoms with Gasteiger partial charge in [0.05, 0.1) is 0 Å². The van der Waals surface area contributed by atoms with Crippen LogP contribution in [0.25, 0.3) is 0 Å². The highest BCUT2D eigenvalue weighted by molar-refractivity contribution is 5.76. The van der Waals surface area contributed by atoms with Crippen LogP contribution in [0.2, 0.25) is 0 Å². The van der Waals surface area contributed by atoms with Crippen LogP contribution in [0.1, 0.15) is 11.5 Å². The number of ether oxygens (including phenoxy) is 1. The van der Waals surface area contributed by atoms with Gasteiger partial charge < -0.3 is 14.9 Å². The Morgan fingerprint density at radius 2 is 1.80 bits per heavy atom. The molecular formula is C15H13FO4. The number of phenols is 1. The smallest absolute Gasteiger partial charge is 0.314 e. The molecule has 0 saturated carbocycles. The van der Waals surface area contributed by atoms with Gasteiger partial charge in [0.25, 0.3) is 0 Å². The molecule has 4 nitrogen and oxygen atoms in total. The third-order valence-corrected chi connectivity index (χ3v) is 2.84. The fourth-order valence-corrected chi connectivity index (χ4v) is 1.76. The van der Waals surface area contributed by atoms with Crippen LogP contribution in [-0.4, -0.2) is 22.8 Å². The lowest BCUT2D eigenvalue weighted by Gasteiger charge is -2.14. The molecule has 5 heteroatoms. The van der Waals surface area contributed by atoms with Crippen LogP contribution in [0.3, 0.4) is 0 Å². The monoisotopic (exact) mass is 276 g/mol. The number of carboxylic acids is 1. The molecule has 0 aliphatic carbocycles. The molecule has 20 heavy (non-hydrogen) atoms. The van der Waals surface area contributed by atoms with E-state index in [1.165, 1.54) is 30.3 Å². The molecule has 0 saturated heterocycles. The second-order valence-electron chi connectivity index (χ2n) is 4.22. The topological polar surface area (TPSA) is 66.8 Å². The van der Waals surface area contributed by atoms with Crippen molar-refractivity contribution in [2.45, 2.75) is 5.92 Å². The summed E-state index contributed by atoms with van der Waals surface area (Å²) in [5.41, 5.74) is 0.439. The van der Waals surface area contributed by atoms with E-state index >= 15 is 0 Å². The first-order chi connectivity index (χ1) is 9.58. The van der Waals surface area contributed by atoms with E-state index in [1.54, 1.807) is 18.2 Å². The highest BCUT2D eigenvalue weighted by atomic mass is 19.1. The van der Waals surface area contributed by atoms with Gasteiger partial charge in [0.15, 0.2) is 11.5 Å². The van der Waals surface area contributed by atoms with Gasteiger partial charge in [-0.2, -0.15) is 0 Å². The Bertz CT molecular complexity index is 595. The molecule has 2 aromatic rings. The Balaban J connectivity index is 2.13. The minimum absolute atomic E-state index is 0.0595. The second-order valence-corrected chi connectivity index (χ2v) is 4.22. The average molecular weight is 276 g/mol. The molecular weight excluding hydrogens is 263 g/mol. The van der Waals surface area contributed by atoms with E-state index in [4.69, 9.17) is 4.74 Å². The van der Waals surface area contributed by atoms with Gasteiger partial charge in [0.2, 0.25) is 0 Å². The summed E-state index contributed by atoms with van der Waals surface area (Å²) in [5.74, 6) is -2.29. The standard InChI is InChI=1S/C15H13FO4/c16-11-7-5-10(6-8-11)12(15(18)19)9-20-14-4-2-1-3-13(14)17/h1-8,12,17H,9H2,(H,18,19). The lowest BCUT2D eigenvalue weighted by atomic mass is 10.0. The first-order valence-electron chi connectivity index (χ1n) is 5.97. The maximum Gasteiger partial charge on any atom is 0.314 e. The molecule has 0 radical (unpaired) electrons. The quantitative estimate of drug-likeness (QED) is 0.881. The predicted octanol–water partition coefficient (Wildman–Crippen LogP) is 2.78. The van der Waals surface area contributed by atoms with Crippen LogP contribution in [0.15, 0.2) is 48.5 Å². The number of hydrogen-bond acceptors (Lipinski definition) is 3. The van der Waals surface area contributed by atoms with Gasteiger partial charge in [-0.25, -0.2) is 4.39 Å². The van der Waals surface area contributed by atoms with Crippen LogP contribution >= 0.6 is 0 Å². The molecule has 2 N–H and O–H groups in total. The summed E-state index contributed by atoms with van der Waals surface area (Å²) in [5, 5.41) is 18.8. The third kappa shape index (κ3) is 3.26. The highest BCUT2D eigenvalue weighted by Crippen LogP contribution is 2.26. The van der Waals surface area contributed by atoms with Crippen LogP contribution < -0.4 is 4.74 Å². The molecule has 2 aromatic carbocycles. The Hall–Kier alpha value is -2.56. The predicted molar refractivity (Wildman–Crippen MR) is 70.4 cm³/mol. The number of phenolic OH excluding ortho intramolecular Hbond substituents is 1. The molecule has 0 aromatic heterocycles. The molecule has 0 bridgehead atoms. The van der Waals surface area contributed by atoms with Crippen molar-refractivity contribution in [3.05, 3.63) is 59.9 Å². The van der Waals surface area contributed by atoms with Crippen molar-refractivity contribution in [1.82, 2.24) is 0 Å². The molecule has 2 rings (SSSR count). The summed E-state index contributed by atoms with van der Waals surface area (Å²) in [4.78, 5) is 11.3. The molecule has 0 aliphatic heterocycles. The molecule has 0 spiro atoms. The van der Waals surface area contributed by atoms with Crippen molar-refractivity contribution in [3.63, 3.8) is 0 Å². The number of hydrogen-bond donors (Lipinski definition) is 2. The molecule has 0 amide bonds. The van der Waals surface area contributed by atoms with E-state index in [0.29, 0.717) is 5.56 Å². The fourth-order valence-electron chi connectivity index (χ4n) is 1.76. The minimum atomic E-state index is -1.08. The van der Waals surface area contributed by atoms with Gasteiger partial charge in [-0.3, -0.25) is 4.79 Å². The van der Waals surface area contributed by atoms with Crippen LogP contribution in [0, 0.1) is 5.82 Å². The summed E-state index contributed by atoms with van der Waals surface area (Å²) in [6.45, 7) is -0.154. The number of benzene rings is 2. The number of carbonyl (C=O) groups is 1. The molecule has 1 atom stereocenters. The van der Waals surface area contributed by atoms with E-state index in [0.717, 1.165) is 0 Å². The lowest BCUT2D eigenvalue weighted by molar-refractivity contribution is -0.139. The first kappa shape index (κ1) is 13.9. The van der Waals surface area contributed by atoms with Crippen molar-refractivity contribution in [2.24, 2.45) is 0 Å². The van der Waals surface area contributed by atoms with Crippen LogP contribution in [0.5, 0.6) is 11.5 Å². The second kappa shape index (κ2) is 6.06. The summed E-state index contributed by atoms with van der Waals surface area (Å²) in [7, 11) is 0. The van der Waals surface area contributed by atoms with Gasteiger partial charge in [-0.15, -0.1) is 0 Å². The summed E-state index contributed by atoms with van der Waals surface area (Å²) >= 11 is 0. The molecule has 104 valence electrons. The summed E-state index contributed by atoms with van der Waals surface area (Å²) in [6, 6.07) is 11.5. The van der Waals surface area contributed by atoms with Crippen molar-refractivity contribution in [2.75, 3.05) is 6.61 Å². The van der Waals surface area contributed by atoms with Crippen LogP contribution in [0.4, 0.5) is 4.39 Å². The maximum absolute atomic E-state index is 12.8. The zero-order valence-electron chi connectivity index (χ0n) is 10.5.